The number of urea groups is 1. The number of rotatable bonds is 6. The van der Waals surface area contributed by atoms with E-state index in [1.165, 1.54) is 31.3 Å². The van der Waals surface area contributed by atoms with Crippen LogP contribution in [0.3, 0.4) is 0 Å². The van der Waals surface area contributed by atoms with Crippen molar-refractivity contribution in [2.75, 3.05) is 13.7 Å². The molecule has 0 atom stereocenters. The van der Waals surface area contributed by atoms with E-state index in [1.54, 1.807) is 13.8 Å². The summed E-state index contributed by atoms with van der Waals surface area (Å²) >= 11 is 0. The molecule has 0 aliphatic carbocycles. The van der Waals surface area contributed by atoms with Gasteiger partial charge in [0.25, 0.3) is 5.91 Å². The SMILES string of the molecule is CNC(=O)NC(=O)COC(=O)c1ccc(S(=O)(=O)NC(C)C)cc1. The number of carbonyl (C=O) groups is 3. The lowest BCUT2D eigenvalue weighted by atomic mass is 10.2. The Labute approximate surface area is 139 Å². The van der Waals surface area contributed by atoms with Crippen LogP contribution in [0.2, 0.25) is 0 Å². The lowest BCUT2D eigenvalue weighted by molar-refractivity contribution is -0.123. The second kappa shape index (κ2) is 8.41. The molecule has 1 aromatic carbocycles. The molecule has 0 aromatic heterocycles. The molecule has 3 amide bonds. The Bertz CT molecular complexity index is 713. The molecule has 0 aliphatic rings. The van der Waals surface area contributed by atoms with Gasteiger partial charge in [0.1, 0.15) is 0 Å². The number of carbonyl (C=O) groups excluding carboxylic acids is 3. The zero-order chi connectivity index (χ0) is 18.3. The van der Waals surface area contributed by atoms with Crippen LogP contribution < -0.4 is 15.4 Å². The van der Waals surface area contributed by atoms with Gasteiger partial charge in [-0.25, -0.2) is 22.7 Å². The average molecular weight is 357 g/mol. The van der Waals surface area contributed by atoms with E-state index in [0.29, 0.717) is 0 Å². The minimum absolute atomic E-state index is 0.00473. The molecule has 1 aromatic rings. The summed E-state index contributed by atoms with van der Waals surface area (Å²) in [6.07, 6.45) is 0. The molecule has 0 aliphatic heterocycles. The predicted molar refractivity (Wildman–Crippen MR) is 84.8 cm³/mol. The van der Waals surface area contributed by atoms with Crippen molar-refractivity contribution in [2.45, 2.75) is 24.8 Å². The third kappa shape index (κ3) is 5.97. The molecule has 10 heteroatoms. The molecule has 3 N–H and O–H groups in total. The standard InChI is InChI=1S/C14H19N3O6S/c1-9(2)17-24(21,22)11-6-4-10(5-7-11)13(19)23-8-12(18)16-14(20)15-3/h4-7,9,17H,8H2,1-3H3,(H2,15,16,18,20). The fourth-order valence-corrected chi connectivity index (χ4v) is 2.84. The number of hydrogen-bond donors (Lipinski definition) is 3. The minimum atomic E-state index is -3.65. The third-order valence-electron chi connectivity index (χ3n) is 2.61. The van der Waals surface area contributed by atoms with Gasteiger partial charge in [0.15, 0.2) is 6.61 Å². The Morgan fingerprint density at radius 1 is 1.12 bits per heavy atom. The molecule has 0 radical (unpaired) electrons. The van der Waals surface area contributed by atoms with E-state index >= 15 is 0 Å². The van der Waals surface area contributed by atoms with Gasteiger partial charge in [-0.15, -0.1) is 0 Å². The Morgan fingerprint density at radius 2 is 1.71 bits per heavy atom. The second-order valence-electron chi connectivity index (χ2n) is 5.00. The number of esters is 1. The molecule has 24 heavy (non-hydrogen) atoms. The van der Waals surface area contributed by atoms with Crippen LogP contribution in [0.1, 0.15) is 24.2 Å². The highest BCUT2D eigenvalue weighted by Gasteiger charge is 2.17. The summed E-state index contributed by atoms with van der Waals surface area (Å²) in [5.41, 5.74) is 0.0752. The van der Waals surface area contributed by atoms with Gasteiger partial charge >= 0.3 is 12.0 Å². The van der Waals surface area contributed by atoms with E-state index < -0.39 is 34.5 Å². The van der Waals surface area contributed by atoms with Crippen molar-refractivity contribution in [3.8, 4) is 0 Å². The number of imide groups is 1. The van der Waals surface area contributed by atoms with Crippen molar-refractivity contribution in [1.29, 1.82) is 0 Å². The normalized spacial score (nSPS) is 11.0. The lowest BCUT2D eigenvalue weighted by Crippen LogP contribution is -2.39. The first-order valence-electron chi connectivity index (χ1n) is 6.97. The van der Waals surface area contributed by atoms with E-state index in [9.17, 15) is 22.8 Å². The van der Waals surface area contributed by atoms with Crippen molar-refractivity contribution in [2.24, 2.45) is 0 Å². The molecule has 0 saturated heterocycles. The predicted octanol–water partition coefficient (Wildman–Crippen LogP) is -0.0143. The van der Waals surface area contributed by atoms with E-state index in [1.807, 2.05) is 5.32 Å². The van der Waals surface area contributed by atoms with Gasteiger partial charge in [0.05, 0.1) is 10.5 Å². The van der Waals surface area contributed by atoms with Gasteiger partial charge < -0.3 is 10.1 Å². The zero-order valence-electron chi connectivity index (χ0n) is 13.5. The summed E-state index contributed by atoms with van der Waals surface area (Å²) in [4.78, 5) is 34.0. The lowest BCUT2D eigenvalue weighted by Gasteiger charge is -2.10. The van der Waals surface area contributed by atoms with Gasteiger partial charge in [0.2, 0.25) is 10.0 Å². The summed E-state index contributed by atoms with van der Waals surface area (Å²) in [6, 6.07) is 4.07. The Hall–Kier alpha value is -2.46. The number of hydrogen-bond acceptors (Lipinski definition) is 6. The van der Waals surface area contributed by atoms with Crippen molar-refractivity contribution in [3.63, 3.8) is 0 Å². The first-order valence-corrected chi connectivity index (χ1v) is 8.45. The summed E-state index contributed by atoms with van der Waals surface area (Å²) < 4.78 is 31.0. The van der Waals surface area contributed by atoms with Crippen LogP contribution >= 0.6 is 0 Å². The quantitative estimate of drug-likeness (QED) is 0.614. The first kappa shape index (κ1) is 19.6. The van der Waals surface area contributed by atoms with E-state index in [4.69, 9.17) is 4.74 Å². The molecule has 0 unspecified atom stereocenters. The molecule has 9 nitrogen and oxygen atoms in total. The van der Waals surface area contributed by atoms with Gasteiger partial charge in [-0.05, 0) is 38.1 Å². The highest BCUT2D eigenvalue weighted by Crippen LogP contribution is 2.12. The number of ether oxygens (including phenoxy) is 1. The molecular formula is C14H19N3O6S. The average Bonchev–Trinajstić information content (AvgIpc) is 2.51. The summed E-state index contributed by atoms with van der Waals surface area (Å²) in [7, 11) is -2.32. The zero-order valence-corrected chi connectivity index (χ0v) is 14.3. The van der Waals surface area contributed by atoms with Crippen LogP contribution in [-0.2, 0) is 19.6 Å². The Kier molecular flexibility index (Phi) is 6.86. The van der Waals surface area contributed by atoms with Crippen LogP contribution in [-0.4, -0.2) is 46.0 Å². The molecule has 132 valence electrons. The molecule has 0 saturated carbocycles. The van der Waals surface area contributed by atoms with Crippen LogP contribution in [0.25, 0.3) is 0 Å². The van der Waals surface area contributed by atoms with Crippen LogP contribution in [0.15, 0.2) is 29.2 Å². The molecule has 0 spiro atoms. The maximum atomic E-state index is 12.0. The van der Waals surface area contributed by atoms with Crippen LogP contribution in [0, 0.1) is 0 Å². The van der Waals surface area contributed by atoms with E-state index in [2.05, 4.69) is 10.0 Å². The summed E-state index contributed by atoms with van der Waals surface area (Å²) in [5, 5.41) is 4.10. The third-order valence-corrected chi connectivity index (χ3v) is 4.28. The Morgan fingerprint density at radius 3 is 2.21 bits per heavy atom. The molecule has 0 bridgehead atoms. The first-order chi connectivity index (χ1) is 11.2. The van der Waals surface area contributed by atoms with Crippen molar-refractivity contribution in [1.82, 2.24) is 15.4 Å². The molecule has 0 fully saturated rings. The van der Waals surface area contributed by atoms with E-state index in [-0.39, 0.29) is 16.5 Å². The van der Waals surface area contributed by atoms with Crippen molar-refractivity contribution < 1.29 is 27.5 Å². The largest absolute Gasteiger partial charge is 0.452 e. The second-order valence-corrected chi connectivity index (χ2v) is 6.72. The molecule has 0 heterocycles. The number of amides is 3. The monoisotopic (exact) mass is 357 g/mol. The highest BCUT2D eigenvalue weighted by molar-refractivity contribution is 7.89. The topological polar surface area (TPSA) is 131 Å². The maximum Gasteiger partial charge on any atom is 0.338 e. The highest BCUT2D eigenvalue weighted by atomic mass is 32.2. The fraction of sp³-hybridized carbons (Fsp3) is 0.357. The summed E-state index contributed by atoms with van der Waals surface area (Å²) in [5.74, 6) is -1.61. The fourth-order valence-electron chi connectivity index (χ4n) is 1.59. The van der Waals surface area contributed by atoms with Crippen molar-refractivity contribution in [3.05, 3.63) is 29.8 Å². The van der Waals surface area contributed by atoms with Gasteiger partial charge in [0, 0.05) is 13.1 Å². The molecular weight excluding hydrogens is 338 g/mol. The number of nitrogens with one attached hydrogen (secondary N) is 3. The number of sulfonamides is 1. The van der Waals surface area contributed by atoms with Crippen LogP contribution in [0.4, 0.5) is 4.79 Å². The minimum Gasteiger partial charge on any atom is -0.452 e. The molecule has 1 rings (SSSR count). The van der Waals surface area contributed by atoms with Gasteiger partial charge in [-0.3, -0.25) is 10.1 Å². The Balaban J connectivity index is 2.67. The van der Waals surface area contributed by atoms with Crippen LogP contribution in [0.5, 0.6) is 0 Å². The van der Waals surface area contributed by atoms with Crippen molar-refractivity contribution >= 4 is 27.9 Å². The maximum absolute atomic E-state index is 12.0. The smallest absolute Gasteiger partial charge is 0.338 e. The number of benzene rings is 1. The van der Waals surface area contributed by atoms with E-state index in [0.717, 1.165) is 0 Å². The summed E-state index contributed by atoms with van der Waals surface area (Å²) in [6.45, 7) is 2.74. The van der Waals surface area contributed by atoms with Gasteiger partial charge in [-0.2, -0.15) is 0 Å². The van der Waals surface area contributed by atoms with Gasteiger partial charge in [-0.1, -0.05) is 0 Å².